The van der Waals surface area contributed by atoms with Crippen molar-refractivity contribution in [3.8, 4) is 11.5 Å². The monoisotopic (exact) mass is 226 g/mol. The van der Waals surface area contributed by atoms with Crippen LogP contribution in [0.1, 0.15) is 23.7 Å². The number of fused-ring (bicyclic) bond motifs is 1. The molecule has 0 bridgehead atoms. The van der Waals surface area contributed by atoms with Crippen LogP contribution in [0.3, 0.4) is 0 Å². The molecule has 0 saturated heterocycles. The molecular weight excluding hydrogens is 212 g/mol. The fraction of sp³-hybridized carbons (Fsp3) is 0.200. The summed E-state index contributed by atoms with van der Waals surface area (Å²) < 4.78 is 5.94. The van der Waals surface area contributed by atoms with Gasteiger partial charge in [0, 0.05) is 6.07 Å². The van der Waals surface area contributed by atoms with Crippen LogP contribution in [0, 0.1) is 0 Å². The van der Waals surface area contributed by atoms with E-state index in [9.17, 15) is 5.11 Å². The molecule has 2 nitrogen and oxygen atoms in total. The maximum atomic E-state index is 9.47. The van der Waals surface area contributed by atoms with Crippen molar-refractivity contribution in [2.75, 3.05) is 0 Å². The molecule has 17 heavy (non-hydrogen) atoms. The Balaban J connectivity index is 1.90. The van der Waals surface area contributed by atoms with Gasteiger partial charge in [0.15, 0.2) is 0 Å². The molecule has 0 aromatic heterocycles. The molecule has 1 aliphatic rings. The molecule has 0 aliphatic carbocycles. The number of aryl methyl sites for hydroxylation is 1. The van der Waals surface area contributed by atoms with Crippen LogP contribution in [0.15, 0.2) is 48.5 Å². The summed E-state index contributed by atoms with van der Waals surface area (Å²) in [5.74, 6) is 1.07. The molecule has 1 aliphatic heterocycles. The molecule has 2 aromatic carbocycles. The minimum Gasteiger partial charge on any atom is -0.508 e. The standard InChI is InChI=1S/C15H14O2/c16-13-8-6-12-7-9-14(17-15(12)10-13)11-4-2-1-3-5-11/h1-6,8,10,14,16H,7,9H2. The SMILES string of the molecule is Oc1ccc2c(c1)OC(c1ccccc1)CC2. The number of phenolic OH excluding ortho intramolecular Hbond substituents is 1. The molecular formula is C15H14O2. The largest absolute Gasteiger partial charge is 0.508 e. The summed E-state index contributed by atoms with van der Waals surface area (Å²) in [5.41, 5.74) is 2.37. The van der Waals surface area contributed by atoms with E-state index in [1.807, 2.05) is 24.3 Å². The van der Waals surface area contributed by atoms with E-state index in [2.05, 4.69) is 12.1 Å². The number of rotatable bonds is 1. The Kier molecular flexibility index (Phi) is 2.48. The number of hydrogen-bond donors (Lipinski definition) is 1. The van der Waals surface area contributed by atoms with Gasteiger partial charge in [0.1, 0.15) is 17.6 Å². The molecule has 0 saturated carbocycles. The van der Waals surface area contributed by atoms with Crippen LogP contribution in [0.4, 0.5) is 0 Å². The van der Waals surface area contributed by atoms with E-state index in [-0.39, 0.29) is 11.9 Å². The summed E-state index contributed by atoms with van der Waals surface area (Å²) in [7, 11) is 0. The highest BCUT2D eigenvalue weighted by molar-refractivity contribution is 5.42. The lowest BCUT2D eigenvalue weighted by atomic mass is 9.97. The number of hydrogen-bond acceptors (Lipinski definition) is 2. The van der Waals surface area contributed by atoms with Crippen molar-refractivity contribution in [3.63, 3.8) is 0 Å². The first-order valence-corrected chi connectivity index (χ1v) is 5.86. The molecule has 1 heterocycles. The zero-order valence-electron chi connectivity index (χ0n) is 9.47. The second kappa shape index (κ2) is 4.13. The Labute approximate surface area is 100 Å². The fourth-order valence-electron chi connectivity index (χ4n) is 2.26. The van der Waals surface area contributed by atoms with Crippen molar-refractivity contribution in [1.82, 2.24) is 0 Å². The number of ether oxygens (including phenoxy) is 1. The summed E-state index contributed by atoms with van der Waals surface area (Å²) in [4.78, 5) is 0. The molecule has 1 N–H and O–H groups in total. The van der Waals surface area contributed by atoms with Crippen molar-refractivity contribution in [2.24, 2.45) is 0 Å². The third kappa shape index (κ3) is 1.98. The zero-order valence-corrected chi connectivity index (χ0v) is 9.47. The highest BCUT2D eigenvalue weighted by Crippen LogP contribution is 2.36. The van der Waals surface area contributed by atoms with Crippen molar-refractivity contribution in [1.29, 1.82) is 0 Å². The van der Waals surface area contributed by atoms with Gasteiger partial charge in [0.2, 0.25) is 0 Å². The lowest BCUT2D eigenvalue weighted by molar-refractivity contribution is 0.176. The molecule has 0 amide bonds. The van der Waals surface area contributed by atoms with Gasteiger partial charge in [-0.25, -0.2) is 0 Å². The number of phenols is 1. The molecule has 86 valence electrons. The molecule has 1 atom stereocenters. The van der Waals surface area contributed by atoms with Crippen molar-refractivity contribution in [2.45, 2.75) is 18.9 Å². The van der Waals surface area contributed by atoms with Gasteiger partial charge in [-0.3, -0.25) is 0 Å². The molecule has 3 rings (SSSR count). The van der Waals surface area contributed by atoms with Crippen LogP contribution in [0.25, 0.3) is 0 Å². The van der Waals surface area contributed by atoms with Crippen LogP contribution < -0.4 is 4.74 Å². The van der Waals surface area contributed by atoms with E-state index in [0.717, 1.165) is 18.6 Å². The molecule has 0 fully saturated rings. The Morgan fingerprint density at radius 3 is 2.71 bits per heavy atom. The topological polar surface area (TPSA) is 29.5 Å². The zero-order chi connectivity index (χ0) is 11.7. The summed E-state index contributed by atoms with van der Waals surface area (Å²) >= 11 is 0. The van der Waals surface area contributed by atoms with E-state index in [4.69, 9.17) is 4.74 Å². The van der Waals surface area contributed by atoms with Crippen LogP contribution in [-0.4, -0.2) is 5.11 Å². The Bertz CT molecular complexity index is 520. The number of aromatic hydroxyl groups is 1. The molecule has 2 heteroatoms. The predicted octanol–water partition coefficient (Wildman–Crippen LogP) is 3.46. The smallest absolute Gasteiger partial charge is 0.127 e. The highest BCUT2D eigenvalue weighted by Gasteiger charge is 2.21. The van der Waals surface area contributed by atoms with Crippen molar-refractivity contribution >= 4 is 0 Å². The van der Waals surface area contributed by atoms with E-state index < -0.39 is 0 Å². The van der Waals surface area contributed by atoms with E-state index in [1.165, 1.54) is 11.1 Å². The van der Waals surface area contributed by atoms with Gasteiger partial charge in [-0.1, -0.05) is 36.4 Å². The average Bonchev–Trinajstić information content (AvgIpc) is 2.39. The highest BCUT2D eigenvalue weighted by atomic mass is 16.5. The molecule has 2 aromatic rings. The first-order valence-electron chi connectivity index (χ1n) is 5.86. The summed E-state index contributed by atoms with van der Waals surface area (Å²) in [5, 5.41) is 9.47. The first kappa shape index (κ1) is 10.2. The van der Waals surface area contributed by atoms with Crippen LogP contribution >= 0.6 is 0 Å². The Hall–Kier alpha value is -1.96. The van der Waals surface area contributed by atoms with Gasteiger partial charge in [-0.05, 0) is 30.0 Å². The van der Waals surface area contributed by atoms with Crippen molar-refractivity contribution < 1.29 is 9.84 Å². The third-order valence-electron chi connectivity index (χ3n) is 3.17. The molecule has 0 spiro atoms. The lowest BCUT2D eigenvalue weighted by Gasteiger charge is -2.26. The second-order valence-corrected chi connectivity index (χ2v) is 4.35. The predicted molar refractivity (Wildman–Crippen MR) is 66.2 cm³/mol. The normalized spacial score (nSPS) is 18.2. The van der Waals surface area contributed by atoms with Crippen molar-refractivity contribution in [3.05, 3.63) is 59.7 Å². The number of benzene rings is 2. The summed E-state index contributed by atoms with van der Waals surface area (Å²) in [6.45, 7) is 0. The Morgan fingerprint density at radius 1 is 1.06 bits per heavy atom. The van der Waals surface area contributed by atoms with Crippen LogP contribution in [-0.2, 0) is 6.42 Å². The third-order valence-corrected chi connectivity index (χ3v) is 3.17. The van der Waals surface area contributed by atoms with Gasteiger partial charge in [0.25, 0.3) is 0 Å². The quantitative estimate of drug-likeness (QED) is 0.806. The summed E-state index contributed by atoms with van der Waals surface area (Å²) in [6, 6.07) is 15.6. The van der Waals surface area contributed by atoms with Gasteiger partial charge in [0.05, 0.1) is 0 Å². The van der Waals surface area contributed by atoms with Crippen LogP contribution in [0.5, 0.6) is 11.5 Å². The molecule has 0 radical (unpaired) electrons. The van der Waals surface area contributed by atoms with E-state index >= 15 is 0 Å². The lowest BCUT2D eigenvalue weighted by Crippen LogP contribution is -2.14. The molecule has 1 unspecified atom stereocenters. The second-order valence-electron chi connectivity index (χ2n) is 4.35. The maximum absolute atomic E-state index is 9.47. The van der Waals surface area contributed by atoms with Gasteiger partial charge >= 0.3 is 0 Å². The van der Waals surface area contributed by atoms with E-state index in [0.29, 0.717) is 0 Å². The van der Waals surface area contributed by atoms with Gasteiger partial charge < -0.3 is 9.84 Å². The van der Waals surface area contributed by atoms with Crippen LogP contribution in [0.2, 0.25) is 0 Å². The van der Waals surface area contributed by atoms with Gasteiger partial charge in [-0.2, -0.15) is 0 Å². The average molecular weight is 226 g/mol. The Morgan fingerprint density at radius 2 is 1.88 bits per heavy atom. The maximum Gasteiger partial charge on any atom is 0.127 e. The first-order chi connectivity index (χ1) is 8.33. The fourth-order valence-corrected chi connectivity index (χ4v) is 2.26. The van der Waals surface area contributed by atoms with E-state index in [1.54, 1.807) is 12.1 Å². The minimum atomic E-state index is 0.102. The minimum absolute atomic E-state index is 0.102. The summed E-state index contributed by atoms with van der Waals surface area (Å²) in [6.07, 6.45) is 2.09. The van der Waals surface area contributed by atoms with Gasteiger partial charge in [-0.15, -0.1) is 0 Å².